The minimum absolute atomic E-state index is 0.233. The molecule has 0 N–H and O–H groups in total. The Hall–Kier alpha value is -1.03. The second-order valence-corrected chi connectivity index (χ2v) is 7.93. The summed E-state index contributed by atoms with van der Waals surface area (Å²) in [7, 11) is 0. The van der Waals surface area contributed by atoms with Crippen LogP contribution in [0.15, 0.2) is 22.7 Å². The van der Waals surface area contributed by atoms with E-state index in [9.17, 15) is 4.79 Å². The Balaban J connectivity index is 1.94. The molecule has 20 heavy (non-hydrogen) atoms. The van der Waals surface area contributed by atoms with Crippen LogP contribution in [0.25, 0.3) is 0 Å². The Bertz CT molecular complexity index is 558. The van der Waals surface area contributed by atoms with Crippen molar-refractivity contribution >= 4 is 27.7 Å². The van der Waals surface area contributed by atoms with Crippen LogP contribution < -0.4 is 4.90 Å². The highest BCUT2D eigenvalue weighted by atomic mass is 79.9. The van der Waals surface area contributed by atoms with E-state index in [2.05, 4.69) is 22.0 Å². The standard InChI is InChI=1S/C16H20BrNO2/c1-15(2,3)20-14(19)18-10-16(6-7-16)9-11-4-5-12(17)8-13(11)18/h4-5,8H,6-7,9-10H2,1-3H3. The summed E-state index contributed by atoms with van der Waals surface area (Å²) in [6.45, 7) is 6.50. The maximum absolute atomic E-state index is 12.5. The lowest BCUT2D eigenvalue weighted by atomic mass is 9.90. The largest absolute Gasteiger partial charge is 0.443 e. The SMILES string of the molecule is CC(C)(C)OC(=O)N1CC2(CC2)Cc2ccc(Br)cc21. The first kappa shape index (κ1) is 13.9. The first-order chi connectivity index (χ1) is 9.28. The van der Waals surface area contributed by atoms with Gasteiger partial charge in [-0.15, -0.1) is 0 Å². The van der Waals surface area contributed by atoms with Gasteiger partial charge in [0.2, 0.25) is 0 Å². The number of fused-ring (bicyclic) bond motifs is 1. The quantitative estimate of drug-likeness (QED) is 0.696. The summed E-state index contributed by atoms with van der Waals surface area (Å²) in [5.41, 5.74) is 2.09. The Morgan fingerprint density at radius 1 is 1.35 bits per heavy atom. The van der Waals surface area contributed by atoms with Crippen molar-refractivity contribution in [2.24, 2.45) is 5.41 Å². The van der Waals surface area contributed by atoms with Crippen LogP contribution >= 0.6 is 15.9 Å². The van der Waals surface area contributed by atoms with E-state index in [0.717, 1.165) is 23.1 Å². The summed E-state index contributed by atoms with van der Waals surface area (Å²) < 4.78 is 6.56. The molecule has 0 saturated heterocycles. The average Bonchev–Trinajstić information content (AvgIpc) is 3.06. The van der Waals surface area contributed by atoms with Crippen LogP contribution in [-0.2, 0) is 11.2 Å². The van der Waals surface area contributed by atoms with E-state index < -0.39 is 5.60 Å². The number of rotatable bonds is 0. The molecule has 1 spiro atoms. The summed E-state index contributed by atoms with van der Waals surface area (Å²) >= 11 is 3.49. The molecule has 1 aliphatic heterocycles. The maximum atomic E-state index is 12.5. The van der Waals surface area contributed by atoms with Gasteiger partial charge >= 0.3 is 6.09 Å². The molecule has 4 heteroatoms. The van der Waals surface area contributed by atoms with E-state index in [1.807, 2.05) is 37.8 Å². The zero-order valence-corrected chi connectivity index (χ0v) is 13.8. The summed E-state index contributed by atoms with van der Waals surface area (Å²) in [5, 5.41) is 0. The molecule has 108 valence electrons. The molecule has 1 amide bonds. The van der Waals surface area contributed by atoms with Gasteiger partial charge in [0.1, 0.15) is 5.60 Å². The molecule has 1 saturated carbocycles. The molecule has 0 aromatic heterocycles. The second kappa shape index (κ2) is 4.48. The number of nitrogens with zero attached hydrogens (tertiary/aromatic N) is 1. The Kier molecular flexibility index (Phi) is 3.12. The fraction of sp³-hybridized carbons (Fsp3) is 0.562. The molecule has 0 radical (unpaired) electrons. The van der Waals surface area contributed by atoms with Gasteiger partial charge in [-0.25, -0.2) is 4.79 Å². The maximum Gasteiger partial charge on any atom is 0.414 e. The van der Waals surface area contributed by atoms with Crippen LogP contribution in [-0.4, -0.2) is 18.2 Å². The van der Waals surface area contributed by atoms with Crippen molar-refractivity contribution in [1.82, 2.24) is 0 Å². The lowest BCUT2D eigenvalue weighted by molar-refractivity contribution is 0.0569. The summed E-state index contributed by atoms with van der Waals surface area (Å²) in [6.07, 6.45) is 3.27. The van der Waals surface area contributed by atoms with E-state index in [0.29, 0.717) is 5.41 Å². The first-order valence-electron chi connectivity index (χ1n) is 7.07. The van der Waals surface area contributed by atoms with E-state index in [1.54, 1.807) is 0 Å². The minimum Gasteiger partial charge on any atom is -0.443 e. The molecule has 1 aromatic carbocycles. The predicted molar refractivity (Wildman–Crippen MR) is 83.1 cm³/mol. The van der Waals surface area contributed by atoms with Crippen LogP contribution in [0.5, 0.6) is 0 Å². The lowest BCUT2D eigenvalue weighted by Crippen LogP contribution is -2.43. The van der Waals surface area contributed by atoms with Crippen LogP contribution in [0.2, 0.25) is 0 Å². The molecule has 1 aliphatic carbocycles. The topological polar surface area (TPSA) is 29.5 Å². The molecule has 1 heterocycles. The highest BCUT2D eigenvalue weighted by Gasteiger charge is 2.49. The van der Waals surface area contributed by atoms with Gasteiger partial charge in [0.05, 0.1) is 5.69 Å². The summed E-state index contributed by atoms with van der Waals surface area (Å²) in [6, 6.07) is 6.19. The molecule has 2 aliphatic rings. The van der Waals surface area contributed by atoms with Crippen LogP contribution in [0.1, 0.15) is 39.2 Å². The average molecular weight is 338 g/mol. The number of amides is 1. The zero-order chi connectivity index (χ0) is 14.5. The highest BCUT2D eigenvalue weighted by Crippen LogP contribution is 2.53. The molecule has 1 aromatic rings. The zero-order valence-electron chi connectivity index (χ0n) is 12.2. The van der Waals surface area contributed by atoms with Gasteiger partial charge in [-0.05, 0) is 63.1 Å². The van der Waals surface area contributed by atoms with Crippen molar-refractivity contribution in [3.05, 3.63) is 28.2 Å². The van der Waals surface area contributed by atoms with Gasteiger partial charge in [0, 0.05) is 11.0 Å². The fourth-order valence-electron chi connectivity index (χ4n) is 2.81. The molecule has 1 fully saturated rings. The van der Waals surface area contributed by atoms with Crippen molar-refractivity contribution < 1.29 is 9.53 Å². The smallest absolute Gasteiger partial charge is 0.414 e. The normalized spacial score (nSPS) is 19.7. The summed E-state index contributed by atoms with van der Waals surface area (Å²) in [4.78, 5) is 14.3. The van der Waals surface area contributed by atoms with E-state index in [1.165, 1.54) is 18.4 Å². The third-order valence-corrected chi connectivity index (χ3v) is 4.46. The van der Waals surface area contributed by atoms with Crippen LogP contribution in [0.3, 0.4) is 0 Å². The lowest BCUT2D eigenvalue weighted by Gasteiger charge is -2.36. The van der Waals surface area contributed by atoms with Gasteiger partial charge in [0.25, 0.3) is 0 Å². The minimum atomic E-state index is -0.461. The number of hydrogen-bond donors (Lipinski definition) is 0. The number of carbonyl (C=O) groups excluding carboxylic acids is 1. The third kappa shape index (κ3) is 2.71. The molecule has 0 atom stereocenters. The van der Waals surface area contributed by atoms with E-state index in [4.69, 9.17) is 4.74 Å². The third-order valence-electron chi connectivity index (χ3n) is 3.97. The molecule has 0 unspecified atom stereocenters. The van der Waals surface area contributed by atoms with Crippen LogP contribution in [0, 0.1) is 5.41 Å². The van der Waals surface area contributed by atoms with Crippen LogP contribution in [0.4, 0.5) is 10.5 Å². The Morgan fingerprint density at radius 3 is 2.65 bits per heavy atom. The van der Waals surface area contributed by atoms with Gasteiger partial charge in [-0.1, -0.05) is 22.0 Å². The number of halogens is 1. The van der Waals surface area contributed by atoms with Crippen molar-refractivity contribution in [2.45, 2.75) is 45.6 Å². The summed E-state index contributed by atoms with van der Waals surface area (Å²) in [5.74, 6) is 0. The van der Waals surface area contributed by atoms with Crippen molar-refractivity contribution in [1.29, 1.82) is 0 Å². The number of ether oxygens (including phenoxy) is 1. The van der Waals surface area contributed by atoms with Crippen molar-refractivity contribution in [2.75, 3.05) is 11.4 Å². The fourth-order valence-corrected chi connectivity index (χ4v) is 3.16. The number of hydrogen-bond acceptors (Lipinski definition) is 2. The Morgan fingerprint density at radius 2 is 2.05 bits per heavy atom. The first-order valence-corrected chi connectivity index (χ1v) is 7.86. The van der Waals surface area contributed by atoms with Gasteiger partial charge in [0.15, 0.2) is 0 Å². The monoisotopic (exact) mass is 337 g/mol. The van der Waals surface area contributed by atoms with Crippen molar-refractivity contribution in [3.8, 4) is 0 Å². The molecular weight excluding hydrogens is 318 g/mol. The molecule has 0 bridgehead atoms. The number of carbonyl (C=O) groups is 1. The van der Waals surface area contributed by atoms with Gasteiger partial charge in [-0.3, -0.25) is 4.90 Å². The molecular formula is C16H20BrNO2. The van der Waals surface area contributed by atoms with E-state index >= 15 is 0 Å². The molecule has 3 rings (SSSR count). The van der Waals surface area contributed by atoms with Gasteiger partial charge in [-0.2, -0.15) is 0 Å². The van der Waals surface area contributed by atoms with Gasteiger partial charge < -0.3 is 4.74 Å². The number of benzene rings is 1. The number of anilines is 1. The highest BCUT2D eigenvalue weighted by molar-refractivity contribution is 9.10. The predicted octanol–water partition coefficient (Wildman–Crippen LogP) is 4.53. The van der Waals surface area contributed by atoms with Crippen molar-refractivity contribution in [3.63, 3.8) is 0 Å². The Labute approximate surface area is 128 Å². The second-order valence-electron chi connectivity index (χ2n) is 7.02. The van der Waals surface area contributed by atoms with E-state index in [-0.39, 0.29) is 6.09 Å². The molecule has 3 nitrogen and oxygen atoms in total.